The number of hydrogen-bond acceptors (Lipinski definition) is 5. The molecule has 0 bridgehead atoms. The number of pyridine rings is 1. The average molecular weight is 265 g/mol. The zero-order chi connectivity index (χ0) is 13.3. The van der Waals surface area contributed by atoms with Gasteiger partial charge in [-0.3, -0.25) is 0 Å². The van der Waals surface area contributed by atoms with Crippen LogP contribution in [-0.4, -0.2) is 38.0 Å². The Morgan fingerprint density at radius 2 is 1.94 bits per heavy atom. The molecule has 1 aliphatic heterocycles. The van der Waals surface area contributed by atoms with E-state index in [0.717, 1.165) is 11.3 Å². The van der Waals surface area contributed by atoms with Gasteiger partial charge in [-0.15, -0.1) is 0 Å². The predicted octanol–water partition coefficient (Wildman–Crippen LogP) is 0.805. The van der Waals surface area contributed by atoms with E-state index in [4.69, 9.17) is 0 Å². The molecule has 5 nitrogen and oxygen atoms in total. The third-order valence-electron chi connectivity index (χ3n) is 3.08. The first kappa shape index (κ1) is 12.8. The van der Waals surface area contributed by atoms with Gasteiger partial charge in [-0.1, -0.05) is 0 Å². The molecule has 2 rings (SSSR count). The highest BCUT2D eigenvalue weighted by molar-refractivity contribution is 7.91. The Morgan fingerprint density at radius 3 is 2.50 bits per heavy atom. The minimum Gasteiger partial charge on any atom is -0.353 e. The molecule has 0 spiro atoms. The Kier molecular flexibility index (Phi) is 3.26. The molecule has 0 atom stereocenters. The molecule has 0 amide bonds. The van der Waals surface area contributed by atoms with Gasteiger partial charge >= 0.3 is 0 Å². The maximum atomic E-state index is 11.4. The number of anilines is 1. The molecule has 2 heterocycles. The van der Waals surface area contributed by atoms with Crippen molar-refractivity contribution in [3.8, 4) is 6.07 Å². The number of sulfone groups is 1. The topological polar surface area (TPSA) is 74.1 Å². The van der Waals surface area contributed by atoms with Crippen molar-refractivity contribution < 1.29 is 8.42 Å². The van der Waals surface area contributed by atoms with Crippen LogP contribution in [0.4, 0.5) is 5.82 Å². The van der Waals surface area contributed by atoms with Crippen LogP contribution in [0.5, 0.6) is 0 Å². The van der Waals surface area contributed by atoms with Crippen LogP contribution in [0.1, 0.15) is 16.8 Å². The van der Waals surface area contributed by atoms with Crippen LogP contribution < -0.4 is 4.90 Å². The lowest BCUT2D eigenvalue weighted by atomic mass is 10.1. The molecule has 1 aromatic heterocycles. The van der Waals surface area contributed by atoms with E-state index in [1.807, 2.05) is 24.8 Å². The Labute approximate surface area is 107 Å². The first-order chi connectivity index (χ1) is 8.43. The summed E-state index contributed by atoms with van der Waals surface area (Å²) in [6, 6.07) is 4.02. The SMILES string of the molecule is Cc1cc(C)c(C#N)c(N2CCS(=O)(=O)CC2)n1. The van der Waals surface area contributed by atoms with Crippen molar-refractivity contribution >= 4 is 15.7 Å². The molecule has 1 saturated heterocycles. The van der Waals surface area contributed by atoms with Crippen LogP contribution in [0.25, 0.3) is 0 Å². The van der Waals surface area contributed by atoms with Crippen LogP contribution in [0.2, 0.25) is 0 Å². The highest BCUT2D eigenvalue weighted by Crippen LogP contribution is 2.23. The predicted molar refractivity (Wildman–Crippen MR) is 69.3 cm³/mol. The molecule has 6 heteroatoms. The van der Waals surface area contributed by atoms with E-state index in [0.29, 0.717) is 24.5 Å². The number of nitriles is 1. The summed E-state index contributed by atoms with van der Waals surface area (Å²) in [6.45, 7) is 4.57. The molecule has 0 saturated carbocycles. The molecule has 1 aliphatic rings. The fourth-order valence-electron chi connectivity index (χ4n) is 2.11. The van der Waals surface area contributed by atoms with Crippen molar-refractivity contribution in [1.82, 2.24) is 4.98 Å². The van der Waals surface area contributed by atoms with Crippen LogP contribution in [-0.2, 0) is 9.84 Å². The van der Waals surface area contributed by atoms with E-state index in [1.54, 1.807) is 0 Å². The molecule has 0 unspecified atom stereocenters. The van der Waals surface area contributed by atoms with E-state index >= 15 is 0 Å². The molecule has 0 radical (unpaired) electrons. The van der Waals surface area contributed by atoms with Crippen molar-refractivity contribution in [3.05, 3.63) is 22.9 Å². The lowest BCUT2D eigenvalue weighted by Crippen LogP contribution is -2.41. The van der Waals surface area contributed by atoms with Crippen LogP contribution in [0, 0.1) is 25.2 Å². The fraction of sp³-hybridized carbons (Fsp3) is 0.500. The maximum Gasteiger partial charge on any atom is 0.153 e. The third-order valence-corrected chi connectivity index (χ3v) is 4.69. The summed E-state index contributed by atoms with van der Waals surface area (Å²) in [7, 11) is -2.92. The van der Waals surface area contributed by atoms with E-state index in [9.17, 15) is 13.7 Å². The molecular weight excluding hydrogens is 250 g/mol. The van der Waals surface area contributed by atoms with Crippen molar-refractivity contribution in [2.24, 2.45) is 0 Å². The summed E-state index contributed by atoms with van der Waals surface area (Å²) < 4.78 is 22.8. The van der Waals surface area contributed by atoms with E-state index in [2.05, 4.69) is 11.1 Å². The van der Waals surface area contributed by atoms with E-state index < -0.39 is 9.84 Å². The molecule has 0 aliphatic carbocycles. The van der Waals surface area contributed by atoms with Gasteiger partial charge in [-0.25, -0.2) is 13.4 Å². The normalized spacial score (nSPS) is 18.4. The number of hydrogen-bond donors (Lipinski definition) is 0. The molecule has 0 aromatic carbocycles. The first-order valence-corrected chi connectivity index (χ1v) is 7.59. The number of rotatable bonds is 1. The van der Waals surface area contributed by atoms with Gasteiger partial charge in [-0.2, -0.15) is 5.26 Å². The lowest BCUT2D eigenvalue weighted by molar-refractivity contribution is 0.586. The summed E-state index contributed by atoms with van der Waals surface area (Å²) in [5.74, 6) is 0.879. The van der Waals surface area contributed by atoms with Gasteiger partial charge in [0.2, 0.25) is 0 Å². The number of nitrogens with zero attached hydrogens (tertiary/aromatic N) is 3. The summed E-state index contributed by atoms with van der Waals surface area (Å²) in [6.07, 6.45) is 0. The van der Waals surface area contributed by atoms with Gasteiger partial charge in [-0.05, 0) is 25.5 Å². The largest absolute Gasteiger partial charge is 0.353 e. The summed E-state index contributed by atoms with van der Waals surface area (Å²) in [5, 5.41) is 9.19. The fourth-order valence-corrected chi connectivity index (χ4v) is 3.31. The third kappa shape index (κ3) is 2.46. The van der Waals surface area contributed by atoms with Gasteiger partial charge in [0, 0.05) is 18.8 Å². The first-order valence-electron chi connectivity index (χ1n) is 5.76. The zero-order valence-electron chi connectivity index (χ0n) is 10.5. The lowest BCUT2D eigenvalue weighted by Gasteiger charge is -2.29. The standard InChI is InChI=1S/C12H15N3O2S/c1-9-7-10(2)14-12(11(9)8-13)15-3-5-18(16,17)6-4-15/h7H,3-6H2,1-2H3. The molecule has 1 fully saturated rings. The van der Waals surface area contributed by atoms with Crippen molar-refractivity contribution in [2.45, 2.75) is 13.8 Å². The molecular formula is C12H15N3O2S. The second-order valence-electron chi connectivity index (χ2n) is 4.53. The number of aryl methyl sites for hydroxylation is 2. The Hall–Kier alpha value is -1.61. The Balaban J connectivity index is 2.38. The van der Waals surface area contributed by atoms with Crippen molar-refractivity contribution in [1.29, 1.82) is 5.26 Å². The van der Waals surface area contributed by atoms with Crippen molar-refractivity contribution in [3.63, 3.8) is 0 Å². The smallest absolute Gasteiger partial charge is 0.153 e. The molecule has 18 heavy (non-hydrogen) atoms. The summed E-state index contributed by atoms with van der Waals surface area (Å²) >= 11 is 0. The van der Waals surface area contributed by atoms with Crippen LogP contribution in [0.15, 0.2) is 6.07 Å². The quantitative estimate of drug-likeness (QED) is 0.751. The highest BCUT2D eigenvalue weighted by Gasteiger charge is 2.24. The van der Waals surface area contributed by atoms with Crippen molar-refractivity contribution in [2.75, 3.05) is 29.5 Å². The van der Waals surface area contributed by atoms with Crippen LogP contribution >= 0.6 is 0 Å². The maximum absolute atomic E-state index is 11.4. The van der Waals surface area contributed by atoms with E-state index in [1.165, 1.54) is 0 Å². The number of aromatic nitrogens is 1. The summed E-state index contributed by atoms with van der Waals surface area (Å²) in [5.41, 5.74) is 2.27. The highest BCUT2D eigenvalue weighted by atomic mass is 32.2. The zero-order valence-corrected chi connectivity index (χ0v) is 11.3. The van der Waals surface area contributed by atoms with Gasteiger partial charge in [0.15, 0.2) is 9.84 Å². The van der Waals surface area contributed by atoms with Gasteiger partial charge in [0.1, 0.15) is 11.9 Å². The Bertz CT molecular complexity index is 603. The minimum absolute atomic E-state index is 0.131. The Morgan fingerprint density at radius 1 is 1.33 bits per heavy atom. The molecule has 0 N–H and O–H groups in total. The molecule has 1 aromatic rings. The average Bonchev–Trinajstić information content (AvgIpc) is 2.28. The molecule has 96 valence electrons. The second-order valence-corrected chi connectivity index (χ2v) is 6.83. The van der Waals surface area contributed by atoms with E-state index in [-0.39, 0.29) is 11.5 Å². The van der Waals surface area contributed by atoms with Gasteiger partial charge < -0.3 is 4.90 Å². The van der Waals surface area contributed by atoms with Gasteiger partial charge in [0.05, 0.1) is 17.1 Å². The van der Waals surface area contributed by atoms with Gasteiger partial charge in [0.25, 0.3) is 0 Å². The summed E-state index contributed by atoms with van der Waals surface area (Å²) in [4.78, 5) is 6.27. The monoisotopic (exact) mass is 265 g/mol. The van der Waals surface area contributed by atoms with Crippen LogP contribution in [0.3, 0.4) is 0 Å². The minimum atomic E-state index is -2.92. The second kappa shape index (κ2) is 4.58.